The van der Waals surface area contributed by atoms with Crippen molar-refractivity contribution in [1.29, 1.82) is 0 Å². The number of nitrogen functional groups attached to an aromatic ring is 2. The molecule has 0 aliphatic carbocycles. The highest BCUT2D eigenvalue weighted by molar-refractivity contribution is 7.98. The third-order valence-corrected chi connectivity index (χ3v) is 4.42. The zero-order valence-corrected chi connectivity index (χ0v) is 12.4. The SMILES string of the molecule is COc1cc(N)ccc1SCc1csc(C(=O)NN)n1. The maximum absolute atomic E-state index is 11.3. The fourth-order valence-electron chi connectivity index (χ4n) is 1.49. The number of ether oxygens (including phenoxy) is 1. The molecule has 0 unspecified atom stereocenters. The summed E-state index contributed by atoms with van der Waals surface area (Å²) >= 11 is 2.83. The Bertz CT molecular complexity index is 615. The van der Waals surface area contributed by atoms with Crippen LogP contribution in [0.15, 0.2) is 28.5 Å². The van der Waals surface area contributed by atoms with Gasteiger partial charge in [0.05, 0.1) is 12.8 Å². The highest BCUT2D eigenvalue weighted by atomic mass is 32.2. The molecule has 1 aromatic heterocycles. The first-order chi connectivity index (χ1) is 9.63. The minimum absolute atomic E-state index is 0.354. The number of hydrazine groups is 1. The number of hydrogen-bond donors (Lipinski definition) is 3. The predicted octanol–water partition coefficient (Wildman–Crippen LogP) is 1.63. The van der Waals surface area contributed by atoms with Crippen LogP contribution in [0.25, 0.3) is 0 Å². The average Bonchev–Trinajstić information content (AvgIpc) is 2.93. The number of thiazole rings is 1. The van der Waals surface area contributed by atoms with Gasteiger partial charge in [-0.05, 0) is 12.1 Å². The maximum atomic E-state index is 11.3. The highest BCUT2D eigenvalue weighted by Gasteiger charge is 2.11. The number of benzene rings is 1. The van der Waals surface area contributed by atoms with E-state index >= 15 is 0 Å². The van der Waals surface area contributed by atoms with Crippen molar-refractivity contribution < 1.29 is 9.53 Å². The molecule has 2 rings (SSSR count). The van der Waals surface area contributed by atoms with Gasteiger partial charge >= 0.3 is 0 Å². The van der Waals surface area contributed by atoms with E-state index in [-0.39, 0.29) is 5.91 Å². The molecule has 1 amide bonds. The summed E-state index contributed by atoms with van der Waals surface area (Å²) in [5.74, 6) is 6.05. The molecule has 20 heavy (non-hydrogen) atoms. The molecule has 0 aliphatic rings. The fourth-order valence-corrected chi connectivity index (χ4v) is 3.22. The van der Waals surface area contributed by atoms with Crippen LogP contribution < -0.4 is 21.7 Å². The fraction of sp³-hybridized carbons (Fsp3) is 0.167. The molecule has 106 valence electrons. The van der Waals surface area contributed by atoms with Gasteiger partial charge < -0.3 is 10.5 Å². The van der Waals surface area contributed by atoms with Gasteiger partial charge in [0.1, 0.15) is 5.75 Å². The lowest BCUT2D eigenvalue weighted by Crippen LogP contribution is -2.29. The van der Waals surface area contributed by atoms with Crippen LogP contribution in [0.4, 0.5) is 5.69 Å². The molecule has 0 spiro atoms. The van der Waals surface area contributed by atoms with Crippen molar-refractivity contribution in [2.75, 3.05) is 12.8 Å². The van der Waals surface area contributed by atoms with E-state index in [9.17, 15) is 4.79 Å². The number of nitrogens with zero attached hydrogens (tertiary/aromatic N) is 1. The number of nitrogens with two attached hydrogens (primary N) is 2. The van der Waals surface area contributed by atoms with E-state index in [0.717, 1.165) is 16.3 Å². The van der Waals surface area contributed by atoms with Crippen LogP contribution in [-0.4, -0.2) is 18.0 Å². The third kappa shape index (κ3) is 3.41. The Morgan fingerprint density at radius 3 is 3.05 bits per heavy atom. The number of hydrogen-bond acceptors (Lipinski definition) is 7. The topological polar surface area (TPSA) is 103 Å². The summed E-state index contributed by atoms with van der Waals surface area (Å²) < 4.78 is 5.28. The molecule has 1 heterocycles. The lowest BCUT2D eigenvalue weighted by Gasteiger charge is -2.07. The number of thioether (sulfide) groups is 1. The average molecular weight is 310 g/mol. The predicted molar refractivity (Wildman–Crippen MR) is 80.7 cm³/mol. The number of methoxy groups -OCH3 is 1. The molecule has 0 atom stereocenters. The van der Waals surface area contributed by atoms with E-state index in [1.807, 2.05) is 17.5 Å². The number of aromatic nitrogens is 1. The summed E-state index contributed by atoms with van der Waals surface area (Å²) in [4.78, 5) is 16.5. The van der Waals surface area contributed by atoms with Crippen LogP contribution >= 0.6 is 23.1 Å². The van der Waals surface area contributed by atoms with E-state index in [2.05, 4.69) is 10.4 Å². The molecule has 0 saturated carbocycles. The van der Waals surface area contributed by atoms with Gasteiger partial charge in [-0.2, -0.15) is 0 Å². The second-order valence-electron chi connectivity index (χ2n) is 3.82. The van der Waals surface area contributed by atoms with Crippen molar-refractivity contribution >= 4 is 34.7 Å². The summed E-state index contributed by atoms with van der Waals surface area (Å²) in [5, 5.41) is 2.19. The Labute approximate surface area is 124 Å². The van der Waals surface area contributed by atoms with Crippen molar-refractivity contribution in [3.8, 4) is 5.75 Å². The highest BCUT2D eigenvalue weighted by Crippen LogP contribution is 2.33. The molecule has 0 bridgehead atoms. The van der Waals surface area contributed by atoms with Gasteiger partial charge in [-0.3, -0.25) is 10.2 Å². The number of carbonyl (C=O) groups excluding carboxylic acids is 1. The Kier molecular flexibility index (Phi) is 4.83. The first-order valence-electron chi connectivity index (χ1n) is 5.65. The maximum Gasteiger partial charge on any atom is 0.294 e. The summed E-state index contributed by atoms with van der Waals surface area (Å²) in [6, 6.07) is 5.49. The van der Waals surface area contributed by atoms with Crippen molar-refractivity contribution in [2.45, 2.75) is 10.6 Å². The van der Waals surface area contributed by atoms with Gasteiger partial charge in [0.15, 0.2) is 5.01 Å². The number of amides is 1. The number of anilines is 1. The first-order valence-corrected chi connectivity index (χ1v) is 7.52. The lowest BCUT2D eigenvalue weighted by atomic mass is 10.3. The molecular weight excluding hydrogens is 296 g/mol. The normalized spacial score (nSPS) is 10.3. The smallest absolute Gasteiger partial charge is 0.294 e. The van der Waals surface area contributed by atoms with E-state index in [4.69, 9.17) is 16.3 Å². The van der Waals surface area contributed by atoms with Crippen molar-refractivity contribution in [3.63, 3.8) is 0 Å². The molecular formula is C12H14N4O2S2. The molecule has 2 aromatic rings. The van der Waals surface area contributed by atoms with E-state index in [0.29, 0.717) is 16.4 Å². The largest absolute Gasteiger partial charge is 0.496 e. The number of nitrogens with one attached hydrogen (secondary N) is 1. The van der Waals surface area contributed by atoms with Crippen LogP contribution in [0.2, 0.25) is 0 Å². The second kappa shape index (κ2) is 6.60. The van der Waals surface area contributed by atoms with Gasteiger partial charge in [-0.1, -0.05) is 0 Å². The molecule has 8 heteroatoms. The standard InChI is InChI=1S/C12H14N4O2S2/c1-18-9-4-7(13)2-3-10(9)19-5-8-6-20-12(15-8)11(17)16-14/h2-4,6H,5,13-14H2,1H3,(H,16,17). The van der Waals surface area contributed by atoms with Gasteiger partial charge in [-0.25, -0.2) is 10.8 Å². The summed E-state index contributed by atoms with van der Waals surface area (Å²) in [6.07, 6.45) is 0. The van der Waals surface area contributed by atoms with Gasteiger partial charge in [-0.15, -0.1) is 23.1 Å². The minimum atomic E-state index is -0.378. The summed E-state index contributed by atoms with van der Waals surface area (Å²) in [5.41, 5.74) is 9.24. The molecule has 0 radical (unpaired) electrons. The molecule has 5 N–H and O–H groups in total. The first kappa shape index (κ1) is 14.6. The number of carbonyl (C=O) groups is 1. The lowest BCUT2D eigenvalue weighted by molar-refractivity contribution is 0.0953. The van der Waals surface area contributed by atoms with E-state index in [1.165, 1.54) is 11.3 Å². The van der Waals surface area contributed by atoms with Crippen LogP contribution in [0.1, 0.15) is 15.5 Å². The monoisotopic (exact) mass is 310 g/mol. The van der Waals surface area contributed by atoms with Crippen molar-refractivity contribution in [2.24, 2.45) is 5.84 Å². The molecule has 1 aromatic carbocycles. The van der Waals surface area contributed by atoms with E-state index < -0.39 is 0 Å². The third-order valence-electron chi connectivity index (χ3n) is 2.44. The Hall–Kier alpha value is -1.77. The van der Waals surface area contributed by atoms with Crippen LogP contribution in [-0.2, 0) is 5.75 Å². The molecule has 0 saturated heterocycles. The van der Waals surface area contributed by atoms with Crippen LogP contribution in [0, 0.1) is 0 Å². The minimum Gasteiger partial charge on any atom is -0.496 e. The van der Waals surface area contributed by atoms with Crippen molar-refractivity contribution in [1.82, 2.24) is 10.4 Å². The zero-order chi connectivity index (χ0) is 14.5. The van der Waals surface area contributed by atoms with Crippen molar-refractivity contribution in [3.05, 3.63) is 34.3 Å². The van der Waals surface area contributed by atoms with Crippen LogP contribution in [0.3, 0.4) is 0 Å². The number of rotatable bonds is 5. The van der Waals surface area contributed by atoms with E-state index in [1.54, 1.807) is 24.9 Å². The Morgan fingerprint density at radius 1 is 1.55 bits per heavy atom. The molecule has 6 nitrogen and oxygen atoms in total. The zero-order valence-electron chi connectivity index (χ0n) is 10.8. The second-order valence-corrected chi connectivity index (χ2v) is 5.69. The quantitative estimate of drug-likeness (QED) is 0.255. The van der Waals surface area contributed by atoms with Gasteiger partial charge in [0.2, 0.25) is 0 Å². The van der Waals surface area contributed by atoms with Gasteiger partial charge in [0, 0.05) is 27.8 Å². The summed E-state index contributed by atoms with van der Waals surface area (Å²) in [6.45, 7) is 0. The van der Waals surface area contributed by atoms with Gasteiger partial charge in [0.25, 0.3) is 5.91 Å². The molecule has 0 aliphatic heterocycles. The Morgan fingerprint density at radius 2 is 2.35 bits per heavy atom. The summed E-state index contributed by atoms with van der Waals surface area (Å²) in [7, 11) is 1.60. The molecule has 0 fully saturated rings. The van der Waals surface area contributed by atoms with Crippen LogP contribution in [0.5, 0.6) is 5.75 Å². The Balaban J connectivity index is 2.05.